The fourth-order valence-electron chi connectivity index (χ4n) is 4.49. The van der Waals surface area contributed by atoms with Gasteiger partial charge in [0.05, 0.1) is 23.4 Å². The van der Waals surface area contributed by atoms with Crippen molar-refractivity contribution in [2.75, 3.05) is 6.61 Å². The largest absolute Gasteiger partial charge is 0.507 e. The van der Waals surface area contributed by atoms with E-state index in [0.717, 1.165) is 27.1 Å². The Kier molecular flexibility index (Phi) is 6.78. The molecule has 6 heteroatoms. The van der Waals surface area contributed by atoms with Crippen LogP contribution in [0.25, 0.3) is 21.3 Å². The SMILES string of the molecule is CCOC(=O)c1c(COc2ccccc2)n(Cc2cccc(C)c2)c2cc(-c3cccs3)c(O)cc12. The minimum Gasteiger partial charge on any atom is -0.507 e. The van der Waals surface area contributed by atoms with Gasteiger partial charge >= 0.3 is 5.97 Å². The molecular weight excluding hydrogens is 470 g/mol. The van der Waals surface area contributed by atoms with E-state index in [1.807, 2.05) is 60.0 Å². The van der Waals surface area contributed by atoms with Gasteiger partial charge < -0.3 is 19.1 Å². The number of carbonyl (C=O) groups is 1. The lowest BCUT2D eigenvalue weighted by molar-refractivity contribution is 0.0525. The molecule has 0 aliphatic heterocycles. The highest BCUT2D eigenvalue weighted by molar-refractivity contribution is 7.13. The van der Waals surface area contributed by atoms with Crippen molar-refractivity contribution >= 4 is 28.2 Å². The number of aromatic hydroxyl groups is 1. The van der Waals surface area contributed by atoms with Gasteiger partial charge in [-0.1, -0.05) is 54.1 Å². The number of aromatic nitrogens is 1. The summed E-state index contributed by atoms with van der Waals surface area (Å²) in [7, 11) is 0. The monoisotopic (exact) mass is 497 g/mol. The van der Waals surface area contributed by atoms with Gasteiger partial charge in [0.15, 0.2) is 0 Å². The van der Waals surface area contributed by atoms with Crippen molar-refractivity contribution in [3.63, 3.8) is 0 Å². The number of fused-ring (bicyclic) bond motifs is 1. The minimum absolute atomic E-state index is 0.124. The molecule has 1 N–H and O–H groups in total. The lowest BCUT2D eigenvalue weighted by Gasteiger charge is -2.14. The number of carbonyl (C=O) groups excluding carboxylic acids is 1. The van der Waals surface area contributed by atoms with E-state index in [1.165, 1.54) is 0 Å². The Labute approximate surface area is 214 Å². The number of aryl methyl sites for hydroxylation is 1. The highest BCUT2D eigenvalue weighted by Crippen LogP contribution is 2.39. The van der Waals surface area contributed by atoms with Crippen molar-refractivity contribution in [1.82, 2.24) is 4.57 Å². The lowest BCUT2D eigenvalue weighted by atomic mass is 10.1. The summed E-state index contributed by atoms with van der Waals surface area (Å²) in [6.45, 7) is 4.82. The first-order chi connectivity index (χ1) is 17.5. The maximum Gasteiger partial charge on any atom is 0.340 e. The zero-order valence-corrected chi connectivity index (χ0v) is 21.0. The van der Waals surface area contributed by atoms with Gasteiger partial charge in [0.2, 0.25) is 0 Å². The van der Waals surface area contributed by atoms with Crippen LogP contribution in [0, 0.1) is 6.92 Å². The van der Waals surface area contributed by atoms with E-state index in [0.29, 0.717) is 28.9 Å². The van der Waals surface area contributed by atoms with Crippen LogP contribution in [0.2, 0.25) is 0 Å². The Balaban J connectivity index is 1.73. The summed E-state index contributed by atoms with van der Waals surface area (Å²) < 4.78 is 13.7. The van der Waals surface area contributed by atoms with E-state index in [4.69, 9.17) is 9.47 Å². The predicted octanol–water partition coefficient (Wildman–Crippen LogP) is 7.19. The number of thiophene rings is 1. The number of esters is 1. The third-order valence-electron chi connectivity index (χ3n) is 6.10. The number of hydrogen-bond acceptors (Lipinski definition) is 5. The molecule has 0 amide bonds. The van der Waals surface area contributed by atoms with Gasteiger partial charge in [-0.3, -0.25) is 0 Å². The average Bonchev–Trinajstić information content (AvgIpc) is 3.50. The van der Waals surface area contributed by atoms with Crippen LogP contribution in [0.1, 0.15) is 34.1 Å². The van der Waals surface area contributed by atoms with Crippen molar-refractivity contribution in [1.29, 1.82) is 0 Å². The Morgan fingerprint density at radius 1 is 1.00 bits per heavy atom. The lowest BCUT2D eigenvalue weighted by Crippen LogP contribution is -2.13. The van der Waals surface area contributed by atoms with Crippen molar-refractivity contribution in [3.05, 3.63) is 107 Å². The number of phenols is 1. The first kappa shape index (κ1) is 23.7. The Bertz CT molecular complexity index is 1500. The minimum atomic E-state index is -0.430. The molecule has 2 aromatic heterocycles. The van der Waals surface area contributed by atoms with Gasteiger partial charge in [-0.15, -0.1) is 11.3 Å². The molecule has 2 heterocycles. The number of phenolic OH excluding ortho intramolecular Hbond substituents is 1. The van der Waals surface area contributed by atoms with Crippen molar-refractivity contribution < 1.29 is 19.4 Å². The normalized spacial score (nSPS) is 11.1. The highest BCUT2D eigenvalue weighted by atomic mass is 32.1. The summed E-state index contributed by atoms with van der Waals surface area (Å²) in [4.78, 5) is 14.2. The fourth-order valence-corrected chi connectivity index (χ4v) is 5.24. The van der Waals surface area contributed by atoms with E-state index in [2.05, 4.69) is 29.7 Å². The molecule has 0 aliphatic carbocycles. The Morgan fingerprint density at radius 2 is 1.83 bits per heavy atom. The number of benzene rings is 3. The quantitative estimate of drug-likeness (QED) is 0.231. The molecule has 0 radical (unpaired) electrons. The van der Waals surface area contributed by atoms with Gasteiger partial charge in [-0.05, 0) is 55.1 Å². The zero-order chi connectivity index (χ0) is 25.1. The molecule has 5 rings (SSSR count). The number of para-hydroxylation sites is 1. The second kappa shape index (κ2) is 10.3. The summed E-state index contributed by atoms with van der Waals surface area (Å²) in [5, 5.41) is 13.6. The van der Waals surface area contributed by atoms with Crippen LogP contribution in [-0.2, 0) is 17.9 Å². The molecule has 0 saturated heterocycles. The molecule has 0 bridgehead atoms. The second-order valence-corrected chi connectivity index (χ2v) is 9.53. The van der Waals surface area contributed by atoms with E-state index >= 15 is 0 Å². The highest BCUT2D eigenvalue weighted by Gasteiger charge is 2.26. The number of nitrogens with zero attached hydrogens (tertiary/aromatic N) is 1. The standard InChI is InChI=1S/C30H27NO4S/c1-3-34-30(33)29-23-17-27(32)24(28-13-8-14-36-28)16-25(23)31(18-21-10-7-9-20(2)15-21)26(29)19-35-22-11-5-4-6-12-22/h4-17,32H,3,18-19H2,1-2H3. The second-order valence-electron chi connectivity index (χ2n) is 8.58. The van der Waals surface area contributed by atoms with Crippen LogP contribution in [0.15, 0.2) is 84.2 Å². The predicted molar refractivity (Wildman–Crippen MR) is 144 cm³/mol. The summed E-state index contributed by atoms with van der Waals surface area (Å²) in [6, 6.07) is 25.4. The van der Waals surface area contributed by atoms with E-state index in [1.54, 1.807) is 24.3 Å². The molecule has 0 spiro atoms. The van der Waals surface area contributed by atoms with Crippen molar-refractivity contribution in [3.8, 4) is 21.9 Å². The molecule has 0 atom stereocenters. The summed E-state index contributed by atoms with van der Waals surface area (Å²) in [5.74, 6) is 0.404. The van der Waals surface area contributed by atoms with Crippen molar-refractivity contribution in [2.45, 2.75) is 27.0 Å². The molecular formula is C30H27NO4S. The van der Waals surface area contributed by atoms with Gasteiger partial charge in [0.25, 0.3) is 0 Å². The number of ether oxygens (including phenoxy) is 2. The van der Waals surface area contributed by atoms with E-state index < -0.39 is 5.97 Å². The van der Waals surface area contributed by atoms with Crippen molar-refractivity contribution in [2.24, 2.45) is 0 Å². The maximum atomic E-state index is 13.3. The summed E-state index contributed by atoms with van der Waals surface area (Å²) in [5.41, 5.74) is 4.96. The first-order valence-corrected chi connectivity index (χ1v) is 12.8. The van der Waals surface area contributed by atoms with Gasteiger partial charge in [-0.2, -0.15) is 0 Å². The molecule has 3 aromatic carbocycles. The molecule has 36 heavy (non-hydrogen) atoms. The molecule has 182 valence electrons. The Morgan fingerprint density at radius 3 is 2.56 bits per heavy atom. The van der Waals surface area contributed by atoms with E-state index in [-0.39, 0.29) is 19.0 Å². The molecule has 0 saturated carbocycles. The third-order valence-corrected chi connectivity index (χ3v) is 7.00. The van der Waals surface area contributed by atoms with Gasteiger partial charge in [-0.25, -0.2) is 4.79 Å². The first-order valence-electron chi connectivity index (χ1n) is 11.9. The van der Waals surface area contributed by atoms with Crippen LogP contribution >= 0.6 is 11.3 Å². The summed E-state index contributed by atoms with van der Waals surface area (Å²) in [6.07, 6.45) is 0. The van der Waals surface area contributed by atoms with Gasteiger partial charge in [0, 0.05) is 22.4 Å². The number of hydrogen-bond donors (Lipinski definition) is 1. The van der Waals surface area contributed by atoms with Crippen LogP contribution in [0.5, 0.6) is 11.5 Å². The van der Waals surface area contributed by atoms with Crippen LogP contribution in [-0.4, -0.2) is 22.2 Å². The molecule has 0 unspecified atom stereocenters. The Hall–Kier alpha value is -4.03. The third kappa shape index (κ3) is 4.72. The van der Waals surface area contributed by atoms with Crippen LogP contribution in [0.3, 0.4) is 0 Å². The van der Waals surface area contributed by atoms with Crippen LogP contribution < -0.4 is 4.74 Å². The molecule has 0 aliphatic rings. The smallest absolute Gasteiger partial charge is 0.340 e. The summed E-state index contributed by atoms with van der Waals surface area (Å²) >= 11 is 1.56. The average molecular weight is 498 g/mol. The molecule has 0 fully saturated rings. The maximum absolute atomic E-state index is 13.3. The molecule has 5 nitrogen and oxygen atoms in total. The van der Waals surface area contributed by atoms with Crippen LogP contribution in [0.4, 0.5) is 0 Å². The molecule has 5 aromatic rings. The zero-order valence-electron chi connectivity index (χ0n) is 20.2. The fraction of sp³-hybridized carbons (Fsp3) is 0.167. The van der Waals surface area contributed by atoms with E-state index in [9.17, 15) is 9.90 Å². The number of rotatable bonds is 8. The topological polar surface area (TPSA) is 60.7 Å². The van der Waals surface area contributed by atoms with Gasteiger partial charge in [0.1, 0.15) is 18.1 Å².